The van der Waals surface area contributed by atoms with Gasteiger partial charge in [-0.15, -0.1) is 0 Å². The van der Waals surface area contributed by atoms with Gasteiger partial charge in [-0.05, 0) is 12.5 Å². The lowest BCUT2D eigenvalue weighted by atomic mass is 10.1. The Morgan fingerprint density at radius 2 is 1.88 bits per heavy atom. The van der Waals surface area contributed by atoms with Gasteiger partial charge in [-0.2, -0.15) is 21.2 Å². The van der Waals surface area contributed by atoms with Crippen LogP contribution in [0.15, 0.2) is 35.5 Å². The third-order valence-corrected chi connectivity index (χ3v) is 6.95. The van der Waals surface area contributed by atoms with E-state index in [9.17, 15) is 13.2 Å². The molecule has 1 aliphatic heterocycles. The number of aromatic nitrogens is 2. The number of amides is 1. The molecule has 0 unspecified atom stereocenters. The highest BCUT2D eigenvalue weighted by Gasteiger charge is 2.33. The number of rotatable bonds is 5. The number of aryl methyl sites for hydroxylation is 2. The third-order valence-electron chi connectivity index (χ3n) is 4.17. The van der Waals surface area contributed by atoms with Gasteiger partial charge in [0.25, 0.3) is 15.9 Å². The lowest BCUT2D eigenvalue weighted by molar-refractivity contribution is 0.0947. The van der Waals surface area contributed by atoms with Crippen molar-refractivity contribution in [2.75, 3.05) is 24.6 Å². The number of thioether (sulfide) groups is 1. The van der Waals surface area contributed by atoms with E-state index in [0.717, 1.165) is 22.6 Å². The SMILES string of the molecule is Cc1ccc(CNC(=O)c2cn(C)nc2S(=O)(=O)N2CCSCC2)cc1. The molecule has 0 aliphatic carbocycles. The predicted octanol–water partition coefficient (Wildman–Crippen LogP) is 1.40. The number of carbonyl (C=O) groups excluding carboxylic acids is 1. The van der Waals surface area contributed by atoms with E-state index in [4.69, 9.17) is 0 Å². The van der Waals surface area contributed by atoms with Crippen LogP contribution < -0.4 is 5.32 Å². The summed E-state index contributed by atoms with van der Waals surface area (Å²) in [5.74, 6) is 1.06. The van der Waals surface area contributed by atoms with Crippen LogP contribution in [0.2, 0.25) is 0 Å². The van der Waals surface area contributed by atoms with Gasteiger partial charge in [0.2, 0.25) is 5.03 Å². The molecule has 0 radical (unpaired) electrons. The zero-order valence-electron chi connectivity index (χ0n) is 14.8. The lowest BCUT2D eigenvalue weighted by Gasteiger charge is -2.24. The Bertz CT molecular complexity index is 885. The molecule has 9 heteroatoms. The van der Waals surface area contributed by atoms with Crippen LogP contribution in [-0.4, -0.2) is 53.0 Å². The van der Waals surface area contributed by atoms with E-state index in [-0.39, 0.29) is 10.6 Å². The van der Waals surface area contributed by atoms with E-state index in [1.807, 2.05) is 31.2 Å². The van der Waals surface area contributed by atoms with E-state index < -0.39 is 15.9 Å². The fourth-order valence-electron chi connectivity index (χ4n) is 2.71. The van der Waals surface area contributed by atoms with Crippen LogP contribution in [-0.2, 0) is 23.6 Å². The van der Waals surface area contributed by atoms with Crippen LogP contribution in [0.4, 0.5) is 0 Å². The van der Waals surface area contributed by atoms with Crippen molar-refractivity contribution in [3.05, 3.63) is 47.2 Å². The lowest BCUT2D eigenvalue weighted by Crippen LogP contribution is -2.39. The molecule has 0 spiro atoms. The molecule has 0 saturated carbocycles. The monoisotopic (exact) mass is 394 g/mol. The molecule has 1 saturated heterocycles. The van der Waals surface area contributed by atoms with Crippen molar-refractivity contribution in [2.45, 2.75) is 18.5 Å². The molecule has 1 aromatic heterocycles. The van der Waals surface area contributed by atoms with Gasteiger partial charge in [0.05, 0.1) is 5.56 Å². The van der Waals surface area contributed by atoms with Crippen molar-refractivity contribution < 1.29 is 13.2 Å². The van der Waals surface area contributed by atoms with E-state index in [1.54, 1.807) is 18.8 Å². The van der Waals surface area contributed by atoms with Gasteiger partial charge < -0.3 is 5.32 Å². The zero-order valence-corrected chi connectivity index (χ0v) is 16.4. The molecule has 0 bridgehead atoms. The molecule has 2 heterocycles. The first kappa shape index (κ1) is 18.9. The minimum Gasteiger partial charge on any atom is -0.348 e. The zero-order chi connectivity index (χ0) is 18.7. The fourth-order valence-corrected chi connectivity index (χ4v) is 5.40. The third kappa shape index (κ3) is 4.11. The Morgan fingerprint density at radius 1 is 1.23 bits per heavy atom. The molecule has 1 aromatic carbocycles. The van der Waals surface area contributed by atoms with E-state index in [0.29, 0.717) is 19.6 Å². The Kier molecular flexibility index (Phi) is 5.69. The van der Waals surface area contributed by atoms with Gasteiger partial charge in [-0.3, -0.25) is 9.48 Å². The molecule has 1 fully saturated rings. The Morgan fingerprint density at radius 3 is 2.54 bits per heavy atom. The summed E-state index contributed by atoms with van der Waals surface area (Å²) in [4.78, 5) is 12.6. The summed E-state index contributed by atoms with van der Waals surface area (Å²) < 4.78 is 28.6. The minimum absolute atomic E-state index is 0.0813. The van der Waals surface area contributed by atoms with Crippen molar-refractivity contribution in [3.8, 4) is 0 Å². The highest BCUT2D eigenvalue weighted by atomic mass is 32.2. The van der Waals surface area contributed by atoms with E-state index in [2.05, 4.69) is 10.4 Å². The van der Waals surface area contributed by atoms with Gasteiger partial charge in [0.15, 0.2) is 0 Å². The van der Waals surface area contributed by atoms with Crippen LogP contribution in [0.3, 0.4) is 0 Å². The van der Waals surface area contributed by atoms with Gasteiger partial charge in [0, 0.05) is 44.4 Å². The Balaban J connectivity index is 1.79. The number of hydrogen-bond donors (Lipinski definition) is 1. The Labute approximate surface area is 157 Å². The molecule has 0 atom stereocenters. The maximum Gasteiger partial charge on any atom is 0.263 e. The van der Waals surface area contributed by atoms with Crippen molar-refractivity contribution in [1.29, 1.82) is 0 Å². The summed E-state index contributed by atoms with van der Waals surface area (Å²) in [6.07, 6.45) is 1.45. The molecule has 1 aliphatic rings. The molecular formula is C17H22N4O3S2. The highest BCUT2D eigenvalue weighted by Crippen LogP contribution is 2.22. The topological polar surface area (TPSA) is 84.3 Å². The van der Waals surface area contributed by atoms with Crippen molar-refractivity contribution in [3.63, 3.8) is 0 Å². The predicted molar refractivity (Wildman–Crippen MR) is 102 cm³/mol. The van der Waals surface area contributed by atoms with Crippen molar-refractivity contribution in [1.82, 2.24) is 19.4 Å². The number of sulfonamides is 1. The molecular weight excluding hydrogens is 372 g/mol. The number of benzene rings is 1. The fraction of sp³-hybridized carbons (Fsp3) is 0.412. The summed E-state index contributed by atoms with van der Waals surface area (Å²) in [6, 6.07) is 7.80. The largest absolute Gasteiger partial charge is 0.348 e. The van der Waals surface area contributed by atoms with Crippen LogP contribution in [0, 0.1) is 6.92 Å². The summed E-state index contributed by atoms with van der Waals surface area (Å²) in [6.45, 7) is 3.20. The number of nitrogens with one attached hydrogen (secondary N) is 1. The first-order valence-corrected chi connectivity index (χ1v) is 10.9. The van der Waals surface area contributed by atoms with Gasteiger partial charge in [-0.1, -0.05) is 29.8 Å². The molecule has 3 rings (SSSR count). The van der Waals surface area contributed by atoms with Crippen LogP contribution in [0.1, 0.15) is 21.5 Å². The second kappa shape index (κ2) is 7.81. The summed E-state index contributed by atoms with van der Waals surface area (Å²) in [5.41, 5.74) is 2.17. The molecule has 140 valence electrons. The van der Waals surface area contributed by atoms with Gasteiger partial charge >= 0.3 is 0 Å². The summed E-state index contributed by atoms with van der Waals surface area (Å²) in [5, 5.41) is 6.68. The van der Waals surface area contributed by atoms with E-state index in [1.165, 1.54) is 15.2 Å². The van der Waals surface area contributed by atoms with Crippen LogP contribution in [0.25, 0.3) is 0 Å². The minimum atomic E-state index is -3.78. The van der Waals surface area contributed by atoms with Crippen molar-refractivity contribution in [2.24, 2.45) is 7.05 Å². The van der Waals surface area contributed by atoms with E-state index >= 15 is 0 Å². The molecule has 26 heavy (non-hydrogen) atoms. The smallest absolute Gasteiger partial charge is 0.263 e. The molecule has 7 nitrogen and oxygen atoms in total. The molecule has 2 aromatic rings. The quantitative estimate of drug-likeness (QED) is 0.829. The number of hydrogen-bond acceptors (Lipinski definition) is 5. The summed E-state index contributed by atoms with van der Waals surface area (Å²) in [7, 11) is -2.17. The second-order valence-electron chi connectivity index (χ2n) is 6.21. The van der Waals surface area contributed by atoms with Crippen molar-refractivity contribution >= 4 is 27.7 Å². The number of carbonyl (C=O) groups is 1. The average Bonchev–Trinajstić information content (AvgIpc) is 3.04. The maximum absolute atomic E-state index is 12.9. The number of nitrogens with zero attached hydrogens (tertiary/aromatic N) is 3. The highest BCUT2D eigenvalue weighted by molar-refractivity contribution is 7.99. The normalized spacial score (nSPS) is 15.8. The first-order chi connectivity index (χ1) is 12.4. The molecule has 1 N–H and O–H groups in total. The first-order valence-electron chi connectivity index (χ1n) is 8.33. The van der Waals surface area contributed by atoms with Crippen LogP contribution >= 0.6 is 11.8 Å². The van der Waals surface area contributed by atoms with Crippen LogP contribution in [0.5, 0.6) is 0 Å². The molecule has 1 amide bonds. The summed E-state index contributed by atoms with van der Waals surface area (Å²) >= 11 is 1.72. The maximum atomic E-state index is 12.9. The standard InChI is InChI=1S/C17H22N4O3S2/c1-13-3-5-14(6-4-13)11-18-16(22)15-12-20(2)19-17(15)26(23,24)21-7-9-25-10-8-21/h3-6,12H,7-11H2,1-2H3,(H,18,22). The Hall–Kier alpha value is -1.84. The van der Waals surface area contributed by atoms with Gasteiger partial charge in [-0.25, -0.2) is 8.42 Å². The van der Waals surface area contributed by atoms with Gasteiger partial charge in [0.1, 0.15) is 0 Å². The second-order valence-corrected chi connectivity index (χ2v) is 9.28. The average molecular weight is 395 g/mol.